The second-order valence-corrected chi connectivity index (χ2v) is 6.90. The van der Waals surface area contributed by atoms with Crippen molar-refractivity contribution in [1.82, 2.24) is 10.2 Å². The van der Waals surface area contributed by atoms with Crippen molar-refractivity contribution in [2.75, 3.05) is 18.6 Å². The Kier molecular flexibility index (Phi) is 6.37. The molecule has 20 heavy (non-hydrogen) atoms. The molecule has 4 nitrogen and oxygen atoms in total. The summed E-state index contributed by atoms with van der Waals surface area (Å²) in [5.74, 6) is 1.38. The third kappa shape index (κ3) is 3.48. The molecule has 0 spiro atoms. The first-order valence-electron chi connectivity index (χ1n) is 7.53. The molecular weight excluding hydrogens is 272 g/mol. The molecule has 116 valence electrons. The van der Waals surface area contributed by atoms with E-state index in [1.165, 1.54) is 0 Å². The first-order valence-corrected chi connectivity index (χ1v) is 8.93. The quantitative estimate of drug-likeness (QED) is 0.785. The maximum atomic E-state index is 12.9. The zero-order valence-electron chi connectivity index (χ0n) is 13.4. The van der Waals surface area contributed by atoms with Gasteiger partial charge < -0.3 is 10.2 Å². The largest absolute Gasteiger partial charge is 0.340 e. The van der Waals surface area contributed by atoms with Crippen molar-refractivity contribution >= 4 is 23.6 Å². The Hall–Kier alpha value is -0.710. The van der Waals surface area contributed by atoms with Crippen LogP contribution in [0.25, 0.3) is 0 Å². The van der Waals surface area contributed by atoms with Crippen LogP contribution in [0.15, 0.2) is 0 Å². The fourth-order valence-corrected chi connectivity index (χ4v) is 3.17. The van der Waals surface area contributed by atoms with Crippen molar-refractivity contribution in [1.29, 1.82) is 0 Å². The van der Waals surface area contributed by atoms with Crippen LogP contribution in [-0.4, -0.2) is 46.8 Å². The molecule has 5 heteroatoms. The van der Waals surface area contributed by atoms with Crippen molar-refractivity contribution in [3.05, 3.63) is 0 Å². The molecule has 1 rings (SSSR count). The van der Waals surface area contributed by atoms with E-state index in [0.29, 0.717) is 25.3 Å². The van der Waals surface area contributed by atoms with Gasteiger partial charge in [-0.05, 0) is 31.4 Å². The third-order valence-electron chi connectivity index (χ3n) is 4.15. The zero-order valence-corrected chi connectivity index (χ0v) is 14.2. The minimum absolute atomic E-state index is 0.0168. The molecule has 0 aromatic heterocycles. The fraction of sp³-hybridized carbons (Fsp3) is 0.867. The topological polar surface area (TPSA) is 49.4 Å². The van der Waals surface area contributed by atoms with E-state index in [0.717, 1.165) is 12.2 Å². The van der Waals surface area contributed by atoms with Gasteiger partial charge in [0.1, 0.15) is 11.6 Å². The molecule has 0 radical (unpaired) electrons. The van der Waals surface area contributed by atoms with E-state index < -0.39 is 5.54 Å². The first kappa shape index (κ1) is 17.3. The Balaban J connectivity index is 3.03. The normalized spacial score (nSPS) is 22.3. The van der Waals surface area contributed by atoms with Crippen LogP contribution < -0.4 is 5.32 Å². The zero-order chi connectivity index (χ0) is 15.3. The molecule has 0 bridgehead atoms. The minimum atomic E-state index is -0.691. The van der Waals surface area contributed by atoms with Gasteiger partial charge in [0, 0.05) is 12.3 Å². The summed E-state index contributed by atoms with van der Waals surface area (Å²) in [6.45, 7) is 8.78. The van der Waals surface area contributed by atoms with Gasteiger partial charge in [-0.2, -0.15) is 11.8 Å². The van der Waals surface area contributed by atoms with Gasteiger partial charge in [0.15, 0.2) is 0 Å². The summed E-state index contributed by atoms with van der Waals surface area (Å²) in [6.07, 6.45) is 4.06. The summed E-state index contributed by atoms with van der Waals surface area (Å²) >= 11 is 1.71. The van der Waals surface area contributed by atoms with Crippen LogP contribution in [0, 0.1) is 5.92 Å². The SMILES string of the molecule is CCC1(CC)NC(=O)C(CC(C)C)N(CCSC)C1=O. The second kappa shape index (κ2) is 7.34. The molecule has 0 saturated carbocycles. The van der Waals surface area contributed by atoms with E-state index in [-0.39, 0.29) is 17.9 Å². The van der Waals surface area contributed by atoms with Crippen molar-refractivity contribution in [3.63, 3.8) is 0 Å². The van der Waals surface area contributed by atoms with Crippen molar-refractivity contribution < 1.29 is 9.59 Å². The number of hydrogen-bond acceptors (Lipinski definition) is 3. The van der Waals surface area contributed by atoms with Gasteiger partial charge >= 0.3 is 0 Å². The summed E-state index contributed by atoms with van der Waals surface area (Å²) in [5.41, 5.74) is -0.691. The Morgan fingerprint density at radius 1 is 1.30 bits per heavy atom. The maximum Gasteiger partial charge on any atom is 0.249 e. The molecule has 1 atom stereocenters. The lowest BCUT2D eigenvalue weighted by molar-refractivity contribution is -0.155. The van der Waals surface area contributed by atoms with E-state index in [4.69, 9.17) is 0 Å². The predicted molar refractivity (Wildman–Crippen MR) is 84.8 cm³/mol. The van der Waals surface area contributed by atoms with Crippen molar-refractivity contribution in [2.24, 2.45) is 5.92 Å². The standard InChI is InChI=1S/C15H28N2O2S/c1-6-15(7-2)14(19)17(8-9-20-5)12(10-11(3)4)13(18)16-15/h11-12H,6-10H2,1-5H3,(H,16,18). The average molecular weight is 300 g/mol. The molecule has 1 N–H and O–H groups in total. The number of hydrogen-bond donors (Lipinski definition) is 1. The van der Waals surface area contributed by atoms with Crippen LogP contribution in [0.1, 0.15) is 47.0 Å². The fourth-order valence-electron chi connectivity index (χ4n) is 2.79. The van der Waals surface area contributed by atoms with Crippen molar-refractivity contribution in [3.8, 4) is 0 Å². The summed E-state index contributed by atoms with van der Waals surface area (Å²) in [4.78, 5) is 27.1. The van der Waals surface area contributed by atoms with Gasteiger partial charge in [0.05, 0.1) is 0 Å². The highest BCUT2D eigenvalue weighted by Gasteiger charge is 2.48. The van der Waals surface area contributed by atoms with Gasteiger partial charge in [0.25, 0.3) is 0 Å². The summed E-state index contributed by atoms with van der Waals surface area (Å²) in [7, 11) is 0. The van der Waals surface area contributed by atoms with Gasteiger partial charge in [-0.25, -0.2) is 0 Å². The van der Waals surface area contributed by atoms with Crippen LogP contribution in [0.4, 0.5) is 0 Å². The van der Waals surface area contributed by atoms with E-state index in [9.17, 15) is 9.59 Å². The predicted octanol–water partition coefficient (Wildman–Crippen LogP) is 2.28. The van der Waals surface area contributed by atoms with Crippen LogP contribution >= 0.6 is 11.8 Å². The Morgan fingerprint density at radius 3 is 2.35 bits per heavy atom. The summed E-state index contributed by atoms with van der Waals surface area (Å²) in [6, 6.07) is -0.305. The molecule has 1 fully saturated rings. The monoisotopic (exact) mass is 300 g/mol. The van der Waals surface area contributed by atoms with Gasteiger partial charge in [0.2, 0.25) is 11.8 Å². The van der Waals surface area contributed by atoms with Crippen LogP contribution in [0.5, 0.6) is 0 Å². The summed E-state index contributed by atoms with van der Waals surface area (Å²) < 4.78 is 0. The molecule has 1 saturated heterocycles. The van der Waals surface area contributed by atoms with E-state index in [1.807, 2.05) is 25.0 Å². The molecule has 0 aliphatic carbocycles. The number of amides is 2. The number of piperazine rings is 1. The number of carbonyl (C=O) groups excluding carboxylic acids is 2. The Bertz CT molecular complexity index is 354. The molecule has 1 aliphatic rings. The van der Waals surface area contributed by atoms with E-state index in [2.05, 4.69) is 19.2 Å². The van der Waals surface area contributed by atoms with E-state index in [1.54, 1.807) is 11.8 Å². The molecule has 0 aromatic carbocycles. The Morgan fingerprint density at radius 2 is 1.90 bits per heavy atom. The molecule has 1 heterocycles. The molecule has 1 unspecified atom stereocenters. The maximum absolute atomic E-state index is 12.9. The van der Waals surface area contributed by atoms with Gasteiger partial charge in [-0.1, -0.05) is 27.7 Å². The number of thioether (sulfide) groups is 1. The molecule has 1 aliphatic heterocycles. The van der Waals surface area contributed by atoms with E-state index >= 15 is 0 Å². The lowest BCUT2D eigenvalue weighted by Crippen LogP contribution is -2.70. The average Bonchev–Trinajstić information content (AvgIpc) is 2.42. The van der Waals surface area contributed by atoms with Crippen LogP contribution in [0.2, 0.25) is 0 Å². The third-order valence-corrected chi connectivity index (χ3v) is 4.74. The van der Waals surface area contributed by atoms with Crippen LogP contribution in [-0.2, 0) is 9.59 Å². The molecule has 0 aromatic rings. The van der Waals surface area contributed by atoms with Crippen LogP contribution in [0.3, 0.4) is 0 Å². The first-order chi connectivity index (χ1) is 9.41. The molecular formula is C15H28N2O2S. The molecule has 2 amide bonds. The van der Waals surface area contributed by atoms with Gasteiger partial charge in [-0.15, -0.1) is 0 Å². The highest BCUT2D eigenvalue weighted by Crippen LogP contribution is 2.27. The lowest BCUT2D eigenvalue weighted by Gasteiger charge is -2.46. The highest BCUT2D eigenvalue weighted by molar-refractivity contribution is 7.98. The summed E-state index contributed by atoms with van der Waals surface area (Å²) in [5, 5.41) is 3.00. The number of carbonyl (C=O) groups is 2. The smallest absolute Gasteiger partial charge is 0.249 e. The lowest BCUT2D eigenvalue weighted by atomic mass is 9.85. The number of rotatable bonds is 7. The van der Waals surface area contributed by atoms with Crippen molar-refractivity contribution in [2.45, 2.75) is 58.5 Å². The minimum Gasteiger partial charge on any atom is -0.340 e. The highest BCUT2D eigenvalue weighted by atomic mass is 32.2. The number of nitrogens with one attached hydrogen (secondary N) is 1. The second-order valence-electron chi connectivity index (χ2n) is 5.92. The van der Waals surface area contributed by atoms with Gasteiger partial charge in [-0.3, -0.25) is 9.59 Å². The Labute approximate surface area is 127 Å². The number of nitrogens with zero attached hydrogens (tertiary/aromatic N) is 1.